The van der Waals surface area contributed by atoms with Gasteiger partial charge in [0.15, 0.2) is 0 Å². The van der Waals surface area contributed by atoms with Crippen LogP contribution in [0.25, 0.3) is 0 Å². The molecule has 2 atom stereocenters. The Balaban J connectivity index is 2.07. The highest BCUT2D eigenvalue weighted by molar-refractivity contribution is 7.10. The Kier molecular flexibility index (Phi) is 3.07. The molecular formula is C11H16N2OS. The first-order valence-electron chi connectivity index (χ1n) is 5.29. The Morgan fingerprint density at radius 1 is 1.73 bits per heavy atom. The summed E-state index contributed by atoms with van der Waals surface area (Å²) in [4.78, 5) is 14.9. The van der Waals surface area contributed by atoms with E-state index in [-0.39, 0.29) is 5.91 Å². The van der Waals surface area contributed by atoms with E-state index < -0.39 is 6.04 Å². The first kappa shape index (κ1) is 10.6. The third kappa shape index (κ3) is 2.06. The molecule has 1 amide bonds. The Hall–Kier alpha value is -0.870. The maximum atomic E-state index is 12.1. The van der Waals surface area contributed by atoms with Crippen molar-refractivity contribution in [2.24, 2.45) is 5.73 Å². The van der Waals surface area contributed by atoms with Gasteiger partial charge in [0.25, 0.3) is 0 Å². The molecule has 0 radical (unpaired) electrons. The van der Waals surface area contributed by atoms with Crippen molar-refractivity contribution in [2.45, 2.75) is 31.8 Å². The predicted octanol–water partition coefficient (Wildman–Crippen LogP) is 1.76. The number of amides is 1. The van der Waals surface area contributed by atoms with Crippen molar-refractivity contribution < 1.29 is 4.79 Å². The fourth-order valence-electron chi connectivity index (χ4n) is 2.03. The average Bonchev–Trinajstić information content (AvgIpc) is 2.85. The highest BCUT2D eigenvalue weighted by Gasteiger charge is 2.29. The van der Waals surface area contributed by atoms with Crippen LogP contribution in [0.1, 0.15) is 30.7 Å². The molecule has 2 heterocycles. The van der Waals surface area contributed by atoms with E-state index in [1.54, 1.807) is 11.3 Å². The van der Waals surface area contributed by atoms with Gasteiger partial charge in [0, 0.05) is 17.5 Å². The molecular weight excluding hydrogens is 208 g/mol. The van der Waals surface area contributed by atoms with Gasteiger partial charge in [-0.25, -0.2) is 0 Å². The van der Waals surface area contributed by atoms with Crippen LogP contribution >= 0.6 is 11.3 Å². The van der Waals surface area contributed by atoms with E-state index in [0.717, 1.165) is 24.3 Å². The van der Waals surface area contributed by atoms with Crippen LogP contribution < -0.4 is 5.73 Å². The fraction of sp³-hybridized carbons (Fsp3) is 0.545. The Morgan fingerprint density at radius 3 is 3.07 bits per heavy atom. The van der Waals surface area contributed by atoms with E-state index in [0.29, 0.717) is 6.04 Å². The molecule has 1 aromatic heterocycles. The van der Waals surface area contributed by atoms with E-state index in [9.17, 15) is 4.79 Å². The summed E-state index contributed by atoms with van der Waals surface area (Å²) in [6.45, 7) is 2.95. The number of hydrogen-bond acceptors (Lipinski definition) is 3. The molecule has 0 aliphatic carbocycles. The molecule has 1 aromatic rings. The van der Waals surface area contributed by atoms with Crippen molar-refractivity contribution in [3.8, 4) is 0 Å². The molecule has 0 bridgehead atoms. The molecule has 15 heavy (non-hydrogen) atoms. The number of likely N-dealkylation sites (tertiary alicyclic amines) is 1. The van der Waals surface area contributed by atoms with Gasteiger partial charge in [-0.05, 0) is 31.2 Å². The Bertz CT molecular complexity index is 336. The quantitative estimate of drug-likeness (QED) is 0.832. The fourth-order valence-corrected chi connectivity index (χ4v) is 2.75. The zero-order valence-corrected chi connectivity index (χ0v) is 9.67. The molecule has 1 saturated heterocycles. The summed E-state index contributed by atoms with van der Waals surface area (Å²) in [5, 5.41) is 1.95. The lowest BCUT2D eigenvalue weighted by molar-refractivity contribution is -0.133. The van der Waals surface area contributed by atoms with Crippen molar-refractivity contribution in [1.29, 1.82) is 0 Å². The second-order valence-corrected chi connectivity index (χ2v) is 5.00. The lowest BCUT2D eigenvalue weighted by Crippen LogP contribution is -2.40. The summed E-state index contributed by atoms with van der Waals surface area (Å²) in [7, 11) is 0. The minimum atomic E-state index is -0.467. The van der Waals surface area contributed by atoms with E-state index in [4.69, 9.17) is 5.73 Å². The number of nitrogens with two attached hydrogens (primary N) is 1. The molecule has 2 rings (SSSR count). The maximum Gasteiger partial charge on any atom is 0.245 e. The van der Waals surface area contributed by atoms with E-state index in [1.165, 1.54) is 0 Å². The smallest absolute Gasteiger partial charge is 0.245 e. The van der Waals surface area contributed by atoms with Gasteiger partial charge in [-0.15, -0.1) is 11.3 Å². The molecule has 2 N–H and O–H groups in total. The summed E-state index contributed by atoms with van der Waals surface area (Å²) >= 11 is 1.55. The summed E-state index contributed by atoms with van der Waals surface area (Å²) in [5.74, 6) is 0.0717. The minimum absolute atomic E-state index is 0.0717. The van der Waals surface area contributed by atoms with Crippen LogP contribution in [0.5, 0.6) is 0 Å². The minimum Gasteiger partial charge on any atom is -0.338 e. The molecule has 1 fully saturated rings. The summed E-state index contributed by atoms with van der Waals surface area (Å²) in [6.07, 6.45) is 2.20. The first-order valence-corrected chi connectivity index (χ1v) is 6.17. The second-order valence-electron chi connectivity index (χ2n) is 4.02. The highest BCUT2D eigenvalue weighted by atomic mass is 32.1. The first-order chi connectivity index (χ1) is 7.20. The second kappa shape index (κ2) is 4.33. The molecule has 82 valence electrons. The number of carbonyl (C=O) groups is 1. The largest absolute Gasteiger partial charge is 0.338 e. The molecule has 3 nitrogen and oxygen atoms in total. The zero-order chi connectivity index (χ0) is 10.8. The van der Waals surface area contributed by atoms with Crippen LogP contribution in [0.3, 0.4) is 0 Å². The van der Waals surface area contributed by atoms with E-state index >= 15 is 0 Å². The molecule has 1 aliphatic rings. The summed E-state index contributed by atoms with van der Waals surface area (Å²) in [6, 6.07) is 3.74. The Labute approximate surface area is 93.9 Å². The van der Waals surface area contributed by atoms with Crippen LogP contribution in [0.2, 0.25) is 0 Å². The van der Waals surface area contributed by atoms with Gasteiger partial charge in [0.1, 0.15) is 6.04 Å². The van der Waals surface area contributed by atoms with E-state index in [2.05, 4.69) is 6.92 Å². The van der Waals surface area contributed by atoms with Crippen molar-refractivity contribution in [3.63, 3.8) is 0 Å². The molecule has 2 unspecified atom stereocenters. The predicted molar refractivity (Wildman–Crippen MR) is 61.7 cm³/mol. The molecule has 0 aromatic carbocycles. The Morgan fingerprint density at radius 2 is 2.53 bits per heavy atom. The number of hydrogen-bond donors (Lipinski definition) is 1. The van der Waals surface area contributed by atoms with Crippen molar-refractivity contribution in [3.05, 3.63) is 22.4 Å². The number of rotatable bonds is 2. The SMILES string of the molecule is CC1CCCN1C(=O)C(N)c1cccs1. The van der Waals surface area contributed by atoms with Crippen molar-refractivity contribution in [1.82, 2.24) is 4.90 Å². The summed E-state index contributed by atoms with van der Waals surface area (Å²) < 4.78 is 0. The van der Waals surface area contributed by atoms with Crippen LogP contribution in [-0.2, 0) is 4.79 Å². The average molecular weight is 224 g/mol. The maximum absolute atomic E-state index is 12.1. The van der Waals surface area contributed by atoms with Crippen LogP contribution in [-0.4, -0.2) is 23.4 Å². The van der Waals surface area contributed by atoms with Crippen molar-refractivity contribution >= 4 is 17.2 Å². The molecule has 4 heteroatoms. The lowest BCUT2D eigenvalue weighted by Gasteiger charge is -2.24. The van der Waals surface area contributed by atoms with Crippen LogP contribution in [0.4, 0.5) is 0 Å². The van der Waals surface area contributed by atoms with Crippen molar-refractivity contribution in [2.75, 3.05) is 6.54 Å². The molecule has 0 spiro atoms. The third-order valence-electron chi connectivity index (χ3n) is 2.95. The standard InChI is InChI=1S/C11H16N2OS/c1-8-4-2-6-13(8)11(14)10(12)9-5-3-7-15-9/h3,5,7-8,10H,2,4,6,12H2,1H3. The lowest BCUT2D eigenvalue weighted by atomic mass is 10.2. The monoisotopic (exact) mass is 224 g/mol. The number of thiophene rings is 1. The van der Waals surface area contributed by atoms with Gasteiger partial charge in [-0.1, -0.05) is 6.07 Å². The van der Waals surface area contributed by atoms with E-state index in [1.807, 2.05) is 22.4 Å². The summed E-state index contributed by atoms with van der Waals surface area (Å²) in [5.41, 5.74) is 5.94. The van der Waals surface area contributed by atoms with Gasteiger partial charge in [-0.3, -0.25) is 4.79 Å². The van der Waals surface area contributed by atoms with Gasteiger partial charge in [0.2, 0.25) is 5.91 Å². The highest BCUT2D eigenvalue weighted by Crippen LogP contribution is 2.23. The molecule has 1 aliphatic heterocycles. The van der Waals surface area contributed by atoms with Crippen LogP contribution in [0, 0.1) is 0 Å². The number of carbonyl (C=O) groups excluding carboxylic acids is 1. The third-order valence-corrected chi connectivity index (χ3v) is 3.91. The topological polar surface area (TPSA) is 46.3 Å². The molecule has 0 saturated carbocycles. The normalized spacial score (nSPS) is 23.1. The number of nitrogens with zero attached hydrogens (tertiary/aromatic N) is 1. The van der Waals surface area contributed by atoms with Crippen LogP contribution in [0.15, 0.2) is 17.5 Å². The zero-order valence-electron chi connectivity index (χ0n) is 8.85. The van der Waals surface area contributed by atoms with Gasteiger partial charge >= 0.3 is 0 Å². The van der Waals surface area contributed by atoms with Gasteiger partial charge < -0.3 is 10.6 Å². The van der Waals surface area contributed by atoms with Gasteiger partial charge in [-0.2, -0.15) is 0 Å². The van der Waals surface area contributed by atoms with Gasteiger partial charge in [0.05, 0.1) is 0 Å².